The Labute approximate surface area is 231 Å². The second-order valence-corrected chi connectivity index (χ2v) is 11.6. The van der Waals surface area contributed by atoms with Crippen molar-refractivity contribution < 1.29 is 4.79 Å². The number of piperidine rings is 1. The summed E-state index contributed by atoms with van der Waals surface area (Å²) in [5.74, 6) is 6.91. The Morgan fingerprint density at radius 1 is 1.11 bits per heavy atom. The molecule has 194 valence electrons. The van der Waals surface area contributed by atoms with Gasteiger partial charge in [-0.3, -0.25) is 4.79 Å². The van der Waals surface area contributed by atoms with Crippen LogP contribution in [0.1, 0.15) is 42.0 Å². The Morgan fingerprint density at radius 3 is 2.63 bits per heavy atom. The number of nitrogen functional groups attached to an aromatic ring is 1. The van der Waals surface area contributed by atoms with E-state index >= 15 is 0 Å². The highest BCUT2D eigenvalue weighted by Gasteiger charge is 2.46. The first-order valence-corrected chi connectivity index (χ1v) is 14.0. The highest BCUT2D eigenvalue weighted by molar-refractivity contribution is 7.99. The van der Waals surface area contributed by atoms with E-state index in [4.69, 9.17) is 23.1 Å². The Hall–Kier alpha value is -3.32. The number of carbonyl (C=O) groups is 1. The fourth-order valence-corrected chi connectivity index (χ4v) is 6.48. The van der Waals surface area contributed by atoms with Gasteiger partial charge in [0, 0.05) is 54.8 Å². The van der Waals surface area contributed by atoms with Gasteiger partial charge >= 0.3 is 0 Å². The molecule has 3 aliphatic rings. The monoisotopic (exact) mass is 545 g/mol. The number of halogens is 1. The lowest BCUT2D eigenvalue weighted by Gasteiger charge is -2.42. The molecule has 3 aromatic rings. The van der Waals surface area contributed by atoms with Gasteiger partial charge in [0.25, 0.3) is 5.91 Å². The van der Waals surface area contributed by atoms with Crippen LogP contribution < -0.4 is 16.4 Å². The van der Waals surface area contributed by atoms with Crippen LogP contribution in [0.25, 0.3) is 0 Å². The van der Waals surface area contributed by atoms with Gasteiger partial charge in [0.05, 0.1) is 17.4 Å². The van der Waals surface area contributed by atoms with E-state index in [1.165, 1.54) is 22.9 Å². The third kappa shape index (κ3) is 4.68. The molecule has 1 atom stereocenters. The summed E-state index contributed by atoms with van der Waals surface area (Å²) in [6.07, 6.45) is 9.19. The summed E-state index contributed by atoms with van der Waals surface area (Å²) >= 11 is 7.67. The largest absolute Gasteiger partial charge is 0.382 e. The maximum absolute atomic E-state index is 12.1. The van der Waals surface area contributed by atoms with Crippen LogP contribution in [0.15, 0.2) is 52.8 Å². The van der Waals surface area contributed by atoms with Crippen LogP contribution >= 0.6 is 23.4 Å². The van der Waals surface area contributed by atoms with E-state index in [1.54, 1.807) is 17.3 Å². The van der Waals surface area contributed by atoms with Crippen LogP contribution in [-0.4, -0.2) is 51.9 Å². The number of nitrogens with zero attached hydrogens (tertiary/aromatic N) is 5. The van der Waals surface area contributed by atoms with E-state index in [2.05, 4.69) is 43.8 Å². The number of nitrogens with two attached hydrogens (primary N) is 2. The van der Waals surface area contributed by atoms with Gasteiger partial charge in [-0.15, -0.1) is 0 Å². The SMILES string of the molecule is Nc1nccc(Sc2cnc(N3CCC4(CC3)Cc3ccc(C#CC(=O)N5CCC5)cc3[C@H]4N)cn2)c1Cl. The number of pyridine rings is 1. The topological polar surface area (TPSA) is 114 Å². The number of amides is 1. The van der Waals surface area contributed by atoms with Crippen LogP contribution in [0.3, 0.4) is 0 Å². The molecule has 1 aromatic carbocycles. The molecular formula is C28H28ClN7OS. The van der Waals surface area contributed by atoms with Gasteiger partial charge in [0.15, 0.2) is 0 Å². The first-order chi connectivity index (χ1) is 18.4. The van der Waals surface area contributed by atoms with Gasteiger partial charge in [-0.25, -0.2) is 15.0 Å². The smallest absolute Gasteiger partial charge is 0.298 e. The number of hydrogen-bond acceptors (Lipinski definition) is 8. The molecule has 2 aliphatic heterocycles. The highest BCUT2D eigenvalue weighted by Crippen LogP contribution is 2.51. The van der Waals surface area contributed by atoms with E-state index < -0.39 is 0 Å². The molecule has 8 nitrogen and oxygen atoms in total. The van der Waals surface area contributed by atoms with Crippen molar-refractivity contribution in [2.24, 2.45) is 11.1 Å². The molecule has 2 aromatic heterocycles. The zero-order chi connectivity index (χ0) is 26.3. The molecule has 1 aliphatic carbocycles. The predicted molar refractivity (Wildman–Crippen MR) is 149 cm³/mol. The average Bonchev–Trinajstić information content (AvgIpc) is 3.16. The quantitative estimate of drug-likeness (QED) is 0.479. The summed E-state index contributed by atoms with van der Waals surface area (Å²) < 4.78 is 0. The molecule has 1 spiro atoms. The minimum Gasteiger partial charge on any atom is -0.382 e. The summed E-state index contributed by atoms with van der Waals surface area (Å²) in [5, 5.41) is 1.17. The van der Waals surface area contributed by atoms with Crippen molar-refractivity contribution in [3.8, 4) is 11.8 Å². The summed E-state index contributed by atoms with van der Waals surface area (Å²) in [5.41, 5.74) is 16.0. The van der Waals surface area contributed by atoms with Crippen molar-refractivity contribution in [1.29, 1.82) is 0 Å². The normalized spacial score (nSPS) is 19.5. The van der Waals surface area contributed by atoms with Gasteiger partial charge in [0.2, 0.25) is 0 Å². The molecule has 6 rings (SSSR count). The predicted octanol–water partition coefficient (Wildman–Crippen LogP) is 3.68. The van der Waals surface area contributed by atoms with Crippen molar-refractivity contribution in [3.63, 3.8) is 0 Å². The molecule has 2 fully saturated rings. The Kier molecular flexibility index (Phi) is 6.64. The maximum atomic E-state index is 12.1. The fraction of sp³-hybridized carbons (Fsp3) is 0.357. The van der Waals surface area contributed by atoms with Crippen molar-refractivity contribution in [1.82, 2.24) is 19.9 Å². The Balaban J connectivity index is 1.10. The lowest BCUT2D eigenvalue weighted by molar-refractivity contribution is -0.128. The number of hydrogen-bond donors (Lipinski definition) is 2. The van der Waals surface area contributed by atoms with Gasteiger partial charge in [-0.05, 0) is 60.4 Å². The third-order valence-corrected chi connectivity index (χ3v) is 9.42. The van der Waals surface area contributed by atoms with Gasteiger partial charge in [-0.2, -0.15) is 0 Å². The minimum atomic E-state index is -0.0922. The number of fused-ring (bicyclic) bond motifs is 1. The van der Waals surface area contributed by atoms with Crippen LogP contribution in [0.4, 0.5) is 11.6 Å². The second-order valence-electron chi connectivity index (χ2n) is 10.1. The number of anilines is 2. The molecule has 4 heterocycles. The summed E-state index contributed by atoms with van der Waals surface area (Å²) in [6.45, 7) is 3.36. The van der Waals surface area contributed by atoms with E-state index in [0.717, 1.165) is 73.2 Å². The lowest BCUT2D eigenvalue weighted by atomic mass is 9.73. The van der Waals surface area contributed by atoms with E-state index in [-0.39, 0.29) is 17.4 Å². The van der Waals surface area contributed by atoms with Gasteiger partial charge in [0.1, 0.15) is 16.7 Å². The number of rotatable bonds is 3. The Bertz CT molecular complexity index is 1440. The summed E-state index contributed by atoms with van der Waals surface area (Å²) in [4.78, 5) is 30.2. The molecule has 0 radical (unpaired) electrons. The van der Waals surface area contributed by atoms with Crippen molar-refractivity contribution in [2.75, 3.05) is 36.8 Å². The highest BCUT2D eigenvalue weighted by atomic mass is 35.5. The first kappa shape index (κ1) is 25.0. The number of likely N-dealkylation sites (tertiary alicyclic amines) is 1. The zero-order valence-electron chi connectivity index (χ0n) is 20.9. The maximum Gasteiger partial charge on any atom is 0.298 e. The molecule has 2 saturated heterocycles. The van der Waals surface area contributed by atoms with Gasteiger partial charge in [-0.1, -0.05) is 35.3 Å². The molecular weight excluding hydrogens is 518 g/mol. The molecule has 1 amide bonds. The number of carbonyl (C=O) groups excluding carboxylic acids is 1. The fourth-order valence-electron chi connectivity index (χ4n) is 5.49. The molecule has 38 heavy (non-hydrogen) atoms. The van der Waals surface area contributed by atoms with E-state index in [9.17, 15) is 4.79 Å². The zero-order valence-corrected chi connectivity index (χ0v) is 22.4. The van der Waals surface area contributed by atoms with Crippen LogP contribution in [0, 0.1) is 17.3 Å². The average molecular weight is 546 g/mol. The number of aromatic nitrogens is 3. The molecule has 4 N–H and O–H groups in total. The van der Waals surface area contributed by atoms with Crippen LogP contribution in [0.5, 0.6) is 0 Å². The van der Waals surface area contributed by atoms with Crippen LogP contribution in [-0.2, 0) is 11.2 Å². The second kappa shape index (κ2) is 10.1. The first-order valence-electron chi connectivity index (χ1n) is 12.8. The van der Waals surface area contributed by atoms with E-state index in [0.29, 0.717) is 10.8 Å². The van der Waals surface area contributed by atoms with Crippen molar-refractivity contribution in [2.45, 2.75) is 41.6 Å². The summed E-state index contributed by atoms with van der Waals surface area (Å²) in [7, 11) is 0. The van der Waals surface area contributed by atoms with Crippen LogP contribution in [0.2, 0.25) is 5.02 Å². The summed E-state index contributed by atoms with van der Waals surface area (Å²) in [6, 6.07) is 8.00. The van der Waals surface area contributed by atoms with Crippen molar-refractivity contribution in [3.05, 3.63) is 64.6 Å². The minimum absolute atomic E-state index is 0.0274. The Morgan fingerprint density at radius 2 is 1.92 bits per heavy atom. The van der Waals surface area contributed by atoms with E-state index in [1.807, 2.05) is 18.3 Å². The van der Waals surface area contributed by atoms with Gasteiger partial charge < -0.3 is 21.3 Å². The van der Waals surface area contributed by atoms with Crippen molar-refractivity contribution >= 4 is 40.9 Å². The lowest BCUT2D eigenvalue weighted by Crippen LogP contribution is -2.44. The standard InChI is InChI=1S/C28H28ClN7OS/c29-25-21(6-9-32-27(25)31)38-23-17-33-22(16-34-23)35-12-7-28(8-13-35)15-19-4-2-18(14-20(19)26(28)30)3-5-24(37)36-10-1-11-36/h2,4,6,9,14,16-17,26H,1,7-8,10-13,15,30H2,(H2,31,32)/t26-/m1/s1. The molecule has 10 heteroatoms. The molecule has 0 bridgehead atoms. The number of benzene rings is 1. The molecule has 0 saturated carbocycles. The third-order valence-electron chi connectivity index (χ3n) is 7.93. The molecule has 0 unspecified atom stereocenters.